The first-order chi connectivity index (χ1) is 5.75. The van der Waals surface area contributed by atoms with E-state index in [2.05, 4.69) is 9.93 Å². The van der Waals surface area contributed by atoms with Crippen molar-refractivity contribution < 1.29 is 15.2 Å². The SMILES string of the molecule is CC(C)c1ccccc1OOO. The van der Waals surface area contributed by atoms with Crippen molar-refractivity contribution in [3.63, 3.8) is 0 Å². The molecule has 0 radical (unpaired) electrons. The lowest BCUT2D eigenvalue weighted by Crippen LogP contribution is -1.97. The van der Waals surface area contributed by atoms with Gasteiger partial charge in [-0.2, -0.15) is 0 Å². The van der Waals surface area contributed by atoms with Gasteiger partial charge in [0.15, 0.2) is 5.75 Å². The Kier molecular flexibility index (Phi) is 3.08. The predicted molar refractivity (Wildman–Crippen MR) is 44.9 cm³/mol. The molecule has 3 nitrogen and oxygen atoms in total. The predicted octanol–water partition coefficient (Wildman–Crippen LogP) is 2.59. The Morgan fingerprint density at radius 3 is 2.50 bits per heavy atom. The van der Waals surface area contributed by atoms with Crippen LogP contribution in [0, 0.1) is 0 Å². The number of rotatable bonds is 3. The van der Waals surface area contributed by atoms with Gasteiger partial charge in [-0.05, 0) is 17.0 Å². The van der Waals surface area contributed by atoms with Crippen molar-refractivity contribution >= 4 is 0 Å². The van der Waals surface area contributed by atoms with Crippen molar-refractivity contribution in [3.8, 4) is 5.75 Å². The van der Waals surface area contributed by atoms with Crippen molar-refractivity contribution in [1.82, 2.24) is 0 Å². The van der Waals surface area contributed by atoms with Gasteiger partial charge >= 0.3 is 0 Å². The van der Waals surface area contributed by atoms with Gasteiger partial charge in [0.25, 0.3) is 0 Å². The van der Waals surface area contributed by atoms with Crippen LogP contribution in [0.2, 0.25) is 0 Å². The fraction of sp³-hybridized carbons (Fsp3) is 0.333. The molecule has 66 valence electrons. The second-order valence-electron chi connectivity index (χ2n) is 2.85. The maximum atomic E-state index is 8.10. The van der Waals surface area contributed by atoms with Crippen molar-refractivity contribution in [2.75, 3.05) is 0 Å². The molecule has 0 aliphatic carbocycles. The van der Waals surface area contributed by atoms with E-state index in [1.807, 2.05) is 32.0 Å². The standard InChI is InChI=1S/C9H12O3/c1-7(2)8-5-3-4-6-9(8)11-12-10/h3-7,10H,1-2H3. The van der Waals surface area contributed by atoms with E-state index in [0.29, 0.717) is 11.7 Å². The molecule has 12 heavy (non-hydrogen) atoms. The molecule has 0 fully saturated rings. The normalized spacial score (nSPS) is 10.3. The molecule has 3 heteroatoms. The molecule has 0 aliphatic heterocycles. The largest absolute Gasteiger partial charge is 0.308 e. The molecule has 0 spiro atoms. The monoisotopic (exact) mass is 168 g/mol. The summed E-state index contributed by atoms with van der Waals surface area (Å²) in [6, 6.07) is 7.41. The maximum absolute atomic E-state index is 8.10. The van der Waals surface area contributed by atoms with Crippen LogP contribution in [0.15, 0.2) is 24.3 Å². The van der Waals surface area contributed by atoms with Gasteiger partial charge in [0, 0.05) is 5.56 Å². The zero-order valence-corrected chi connectivity index (χ0v) is 7.15. The molecule has 0 unspecified atom stereocenters. The topological polar surface area (TPSA) is 38.7 Å². The third kappa shape index (κ3) is 1.96. The molecule has 0 aliphatic rings. The first kappa shape index (κ1) is 9.03. The van der Waals surface area contributed by atoms with Crippen LogP contribution in [-0.2, 0) is 5.04 Å². The van der Waals surface area contributed by atoms with E-state index >= 15 is 0 Å². The van der Waals surface area contributed by atoms with E-state index in [0.717, 1.165) is 5.56 Å². The highest BCUT2D eigenvalue weighted by Crippen LogP contribution is 2.25. The van der Waals surface area contributed by atoms with E-state index in [1.165, 1.54) is 0 Å². The van der Waals surface area contributed by atoms with Gasteiger partial charge in [0.2, 0.25) is 0 Å². The van der Waals surface area contributed by atoms with Crippen LogP contribution in [-0.4, -0.2) is 5.26 Å². The number of benzene rings is 1. The van der Waals surface area contributed by atoms with Gasteiger partial charge in [-0.15, -0.1) is 0 Å². The fourth-order valence-electron chi connectivity index (χ4n) is 1.07. The highest BCUT2D eigenvalue weighted by molar-refractivity contribution is 5.34. The second kappa shape index (κ2) is 4.09. The third-order valence-electron chi connectivity index (χ3n) is 1.67. The minimum absolute atomic E-state index is 0.344. The Balaban J connectivity index is 2.92. The third-order valence-corrected chi connectivity index (χ3v) is 1.67. The van der Waals surface area contributed by atoms with Crippen LogP contribution in [0.5, 0.6) is 5.75 Å². The van der Waals surface area contributed by atoms with Gasteiger partial charge in [-0.3, -0.25) is 0 Å². The van der Waals surface area contributed by atoms with E-state index in [4.69, 9.17) is 5.26 Å². The van der Waals surface area contributed by atoms with Gasteiger partial charge < -0.3 is 4.89 Å². The number of para-hydroxylation sites is 1. The summed E-state index contributed by atoms with van der Waals surface area (Å²) in [4.78, 5) is 4.55. The van der Waals surface area contributed by atoms with Crippen LogP contribution in [0.4, 0.5) is 0 Å². The summed E-state index contributed by atoms with van der Waals surface area (Å²) in [5.41, 5.74) is 1.01. The zero-order chi connectivity index (χ0) is 8.97. The summed E-state index contributed by atoms with van der Waals surface area (Å²) >= 11 is 0. The summed E-state index contributed by atoms with van der Waals surface area (Å²) in [6.07, 6.45) is 0. The molecule has 0 amide bonds. The Morgan fingerprint density at radius 1 is 1.25 bits per heavy atom. The lowest BCUT2D eigenvalue weighted by Gasteiger charge is -2.09. The smallest absolute Gasteiger partial charge is 0.172 e. The van der Waals surface area contributed by atoms with Crippen LogP contribution >= 0.6 is 0 Å². The van der Waals surface area contributed by atoms with Crippen molar-refractivity contribution in [2.45, 2.75) is 19.8 Å². The van der Waals surface area contributed by atoms with Crippen LogP contribution in [0.1, 0.15) is 25.3 Å². The molecule has 0 atom stereocenters. The summed E-state index contributed by atoms with van der Waals surface area (Å²) in [5, 5.41) is 11.7. The number of hydrogen-bond donors (Lipinski definition) is 1. The van der Waals surface area contributed by atoms with E-state index in [-0.39, 0.29) is 0 Å². The molecule has 1 aromatic rings. The lowest BCUT2D eigenvalue weighted by molar-refractivity contribution is -0.439. The maximum Gasteiger partial charge on any atom is 0.172 e. The van der Waals surface area contributed by atoms with Crippen LogP contribution in [0.3, 0.4) is 0 Å². The summed E-state index contributed by atoms with van der Waals surface area (Å²) < 4.78 is 0. The summed E-state index contributed by atoms with van der Waals surface area (Å²) in [6.45, 7) is 4.08. The molecule has 1 aromatic carbocycles. The second-order valence-corrected chi connectivity index (χ2v) is 2.85. The molecule has 0 aromatic heterocycles. The summed E-state index contributed by atoms with van der Waals surface area (Å²) in [7, 11) is 0. The average molecular weight is 168 g/mol. The molecule has 0 saturated carbocycles. The molecule has 1 N–H and O–H groups in total. The molecular formula is C9H12O3. The molecule has 0 saturated heterocycles. The lowest BCUT2D eigenvalue weighted by atomic mass is 10.0. The minimum atomic E-state index is 0.344. The first-order valence-corrected chi connectivity index (χ1v) is 3.82. The Morgan fingerprint density at radius 2 is 1.92 bits per heavy atom. The fourth-order valence-corrected chi connectivity index (χ4v) is 1.07. The molecular weight excluding hydrogens is 156 g/mol. The van der Waals surface area contributed by atoms with E-state index in [9.17, 15) is 0 Å². The van der Waals surface area contributed by atoms with Crippen LogP contribution in [0.25, 0.3) is 0 Å². The summed E-state index contributed by atoms with van der Waals surface area (Å²) in [5.74, 6) is 0.895. The van der Waals surface area contributed by atoms with Crippen molar-refractivity contribution in [1.29, 1.82) is 0 Å². The van der Waals surface area contributed by atoms with Crippen molar-refractivity contribution in [3.05, 3.63) is 29.8 Å². The average Bonchev–Trinajstić information content (AvgIpc) is 2.05. The quantitative estimate of drug-likeness (QED) is 0.557. The van der Waals surface area contributed by atoms with Gasteiger partial charge in [-0.25, -0.2) is 5.26 Å². The van der Waals surface area contributed by atoms with Gasteiger partial charge in [-0.1, -0.05) is 32.0 Å². The van der Waals surface area contributed by atoms with Gasteiger partial charge in [0.1, 0.15) is 0 Å². The number of hydrogen-bond acceptors (Lipinski definition) is 3. The Bertz CT molecular complexity index is 245. The molecule has 0 bridgehead atoms. The van der Waals surface area contributed by atoms with E-state index < -0.39 is 0 Å². The molecule has 1 rings (SSSR count). The highest BCUT2D eigenvalue weighted by atomic mass is 17.5. The minimum Gasteiger partial charge on any atom is -0.308 e. The van der Waals surface area contributed by atoms with Crippen LogP contribution < -0.4 is 4.89 Å². The van der Waals surface area contributed by atoms with Crippen molar-refractivity contribution in [2.24, 2.45) is 0 Å². The Hall–Kier alpha value is -1.06. The Labute approximate surface area is 71.4 Å². The highest BCUT2D eigenvalue weighted by Gasteiger charge is 2.06. The van der Waals surface area contributed by atoms with Gasteiger partial charge in [0.05, 0.1) is 0 Å². The first-order valence-electron chi connectivity index (χ1n) is 3.82. The molecule has 0 heterocycles. The zero-order valence-electron chi connectivity index (χ0n) is 7.15. The van der Waals surface area contributed by atoms with E-state index in [1.54, 1.807) is 6.07 Å².